The van der Waals surface area contributed by atoms with E-state index in [1.807, 2.05) is 0 Å². The zero-order chi connectivity index (χ0) is 12.3. The lowest BCUT2D eigenvalue weighted by molar-refractivity contribution is 0.0856. The summed E-state index contributed by atoms with van der Waals surface area (Å²) < 4.78 is 24.3. The number of hydrogen-bond donors (Lipinski definition) is 1. The van der Waals surface area contributed by atoms with Crippen LogP contribution in [0.15, 0.2) is 12.1 Å². The number of rotatable bonds is 6. The number of nitrogens with one attached hydrogen (secondary N) is 1. The van der Waals surface area contributed by atoms with Gasteiger partial charge >= 0.3 is 0 Å². The molecule has 17 heavy (non-hydrogen) atoms. The second-order valence-electron chi connectivity index (χ2n) is 3.94. The van der Waals surface area contributed by atoms with Crippen LogP contribution in [0.1, 0.15) is 18.4 Å². The maximum atomic E-state index is 13.4. The summed E-state index contributed by atoms with van der Waals surface area (Å²) in [4.78, 5) is 4.77. The van der Waals surface area contributed by atoms with E-state index >= 15 is 0 Å². The van der Waals surface area contributed by atoms with Crippen molar-refractivity contribution in [2.24, 2.45) is 0 Å². The van der Waals surface area contributed by atoms with E-state index in [-0.39, 0.29) is 11.9 Å². The first-order chi connectivity index (χ1) is 8.24. The second kappa shape index (κ2) is 5.33. The quantitative estimate of drug-likeness (QED) is 0.773. The zero-order valence-electron chi connectivity index (χ0n) is 9.96. The van der Waals surface area contributed by atoms with Crippen LogP contribution < -0.4 is 15.0 Å². The topological polar surface area (TPSA) is 39.7 Å². The van der Waals surface area contributed by atoms with Gasteiger partial charge in [0.1, 0.15) is 5.82 Å². The summed E-state index contributed by atoms with van der Waals surface area (Å²) in [6.07, 6.45) is 2.31. The Bertz CT molecular complexity index is 394. The molecule has 0 heterocycles. The molecule has 1 saturated carbocycles. The van der Waals surface area contributed by atoms with Gasteiger partial charge in [0, 0.05) is 18.2 Å². The van der Waals surface area contributed by atoms with Crippen LogP contribution in [-0.2, 0) is 11.4 Å². The standard InChI is InChI=1S/C12H16FNO3/c1-15-11-6-9(13)5-8(7-14-16-2)12(11)17-10-3-4-10/h5-6,10,14H,3-4,7H2,1-2H3. The molecule has 0 unspecified atom stereocenters. The van der Waals surface area contributed by atoms with Gasteiger partial charge in [-0.15, -0.1) is 0 Å². The van der Waals surface area contributed by atoms with E-state index in [4.69, 9.17) is 14.3 Å². The Morgan fingerprint density at radius 3 is 2.71 bits per heavy atom. The van der Waals surface area contributed by atoms with Gasteiger partial charge in [-0.2, -0.15) is 5.48 Å². The Kier molecular flexibility index (Phi) is 3.81. The Hall–Kier alpha value is -1.33. The molecule has 0 atom stereocenters. The predicted molar refractivity (Wildman–Crippen MR) is 60.5 cm³/mol. The van der Waals surface area contributed by atoms with Crippen LogP contribution in [0.3, 0.4) is 0 Å². The molecule has 0 spiro atoms. The van der Waals surface area contributed by atoms with Gasteiger partial charge in [0.15, 0.2) is 11.5 Å². The number of benzene rings is 1. The summed E-state index contributed by atoms with van der Waals surface area (Å²) >= 11 is 0. The molecule has 1 aliphatic carbocycles. The molecule has 5 heteroatoms. The fourth-order valence-corrected chi connectivity index (χ4v) is 1.54. The van der Waals surface area contributed by atoms with Gasteiger partial charge in [0.25, 0.3) is 0 Å². The minimum absolute atomic E-state index is 0.232. The first-order valence-electron chi connectivity index (χ1n) is 5.53. The average Bonchev–Trinajstić information content (AvgIpc) is 3.12. The lowest BCUT2D eigenvalue weighted by atomic mass is 10.2. The lowest BCUT2D eigenvalue weighted by Gasteiger charge is -2.15. The van der Waals surface area contributed by atoms with Crippen LogP contribution >= 0.6 is 0 Å². The third kappa shape index (κ3) is 3.08. The number of methoxy groups -OCH3 is 1. The molecule has 0 aliphatic heterocycles. The van der Waals surface area contributed by atoms with Gasteiger partial charge in [-0.25, -0.2) is 4.39 Å². The molecular weight excluding hydrogens is 225 g/mol. The number of hydrogen-bond acceptors (Lipinski definition) is 4. The van der Waals surface area contributed by atoms with Crippen LogP contribution in [0.5, 0.6) is 11.5 Å². The van der Waals surface area contributed by atoms with Crippen molar-refractivity contribution in [2.45, 2.75) is 25.5 Å². The molecule has 0 amide bonds. The Morgan fingerprint density at radius 2 is 2.12 bits per heavy atom. The number of ether oxygens (including phenoxy) is 2. The first-order valence-corrected chi connectivity index (χ1v) is 5.53. The van der Waals surface area contributed by atoms with E-state index in [9.17, 15) is 4.39 Å². The highest BCUT2D eigenvalue weighted by Gasteiger charge is 2.26. The van der Waals surface area contributed by atoms with Crippen LogP contribution in [0, 0.1) is 5.82 Å². The summed E-state index contributed by atoms with van der Waals surface area (Å²) in [5.41, 5.74) is 3.37. The van der Waals surface area contributed by atoms with E-state index in [0.717, 1.165) is 12.8 Å². The summed E-state index contributed by atoms with van der Waals surface area (Å²) in [5, 5.41) is 0. The Balaban J connectivity index is 2.26. The van der Waals surface area contributed by atoms with Crippen molar-refractivity contribution in [3.63, 3.8) is 0 Å². The van der Waals surface area contributed by atoms with Gasteiger partial charge in [0.2, 0.25) is 0 Å². The summed E-state index contributed by atoms with van der Waals surface area (Å²) in [6.45, 7) is 0.368. The molecule has 1 N–H and O–H groups in total. The SMILES string of the molecule is CONCc1cc(F)cc(OC)c1OC1CC1. The molecule has 1 aromatic rings. The molecule has 2 rings (SSSR count). The third-order valence-electron chi connectivity index (χ3n) is 2.53. The minimum Gasteiger partial charge on any atom is -0.493 e. The number of hydroxylamine groups is 1. The highest BCUT2D eigenvalue weighted by molar-refractivity contribution is 5.47. The van der Waals surface area contributed by atoms with Crippen LogP contribution in [0.2, 0.25) is 0 Å². The van der Waals surface area contributed by atoms with Gasteiger partial charge in [0.05, 0.1) is 20.3 Å². The largest absolute Gasteiger partial charge is 0.493 e. The average molecular weight is 241 g/mol. The van der Waals surface area contributed by atoms with Crippen molar-refractivity contribution in [1.82, 2.24) is 5.48 Å². The van der Waals surface area contributed by atoms with Crippen molar-refractivity contribution in [2.75, 3.05) is 14.2 Å². The van der Waals surface area contributed by atoms with Crippen molar-refractivity contribution in [1.29, 1.82) is 0 Å². The normalized spacial score (nSPS) is 14.8. The first kappa shape index (κ1) is 12.1. The summed E-state index contributed by atoms with van der Waals surface area (Å²) in [6, 6.07) is 2.75. The molecule has 1 aliphatic rings. The van der Waals surface area contributed by atoms with Gasteiger partial charge in [-0.05, 0) is 18.9 Å². The second-order valence-corrected chi connectivity index (χ2v) is 3.94. The van der Waals surface area contributed by atoms with Crippen molar-refractivity contribution < 1.29 is 18.7 Å². The zero-order valence-corrected chi connectivity index (χ0v) is 9.96. The molecule has 1 fully saturated rings. The summed E-state index contributed by atoms with van der Waals surface area (Å²) in [5.74, 6) is 0.670. The van der Waals surface area contributed by atoms with Crippen molar-refractivity contribution in [3.8, 4) is 11.5 Å². The van der Waals surface area contributed by atoms with Gasteiger partial charge in [-0.1, -0.05) is 0 Å². The highest BCUT2D eigenvalue weighted by Crippen LogP contribution is 2.37. The van der Waals surface area contributed by atoms with Crippen LogP contribution in [-0.4, -0.2) is 20.3 Å². The van der Waals surface area contributed by atoms with Gasteiger partial charge < -0.3 is 14.3 Å². The molecular formula is C12H16FNO3. The maximum absolute atomic E-state index is 13.4. The molecule has 94 valence electrons. The van der Waals surface area contributed by atoms with Crippen LogP contribution in [0.25, 0.3) is 0 Å². The van der Waals surface area contributed by atoms with Crippen LogP contribution in [0.4, 0.5) is 4.39 Å². The fourth-order valence-electron chi connectivity index (χ4n) is 1.54. The highest BCUT2D eigenvalue weighted by atomic mass is 19.1. The predicted octanol–water partition coefficient (Wildman–Crippen LogP) is 2.03. The third-order valence-corrected chi connectivity index (χ3v) is 2.53. The van der Waals surface area contributed by atoms with Crippen molar-refractivity contribution in [3.05, 3.63) is 23.5 Å². The molecule has 0 saturated heterocycles. The van der Waals surface area contributed by atoms with Crippen molar-refractivity contribution >= 4 is 0 Å². The molecule has 0 bridgehead atoms. The minimum atomic E-state index is -0.349. The molecule has 0 radical (unpaired) electrons. The molecule has 0 aromatic heterocycles. The van der Waals surface area contributed by atoms with E-state index in [1.165, 1.54) is 26.4 Å². The van der Waals surface area contributed by atoms with E-state index in [0.29, 0.717) is 23.6 Å². The lowest BCUT2D eigenvalue weighted by Crippen LogP contribution is -2.13. The molecule has 1 aromatic carbocycles. The van der Waals surface area contributed by atoms with E-state index in [2.05, 4.69) is 5.48 Å². The Labute approximate surface area is 99.6 Å². The van der Waals surface area contributed by atoms with Gasteiger partial charge in [-0.3, -0.25) is 0 Å². The number of halogens is 1. The fraction of sp³-hybridized carbons (Fsp3) is 0.500. The molecule has 4 nitrogen and oxygen atoms in total. The smallest absolute Gasteiger partial charge is 0.166 e. The van der Waals surface area contributed by atoms with E-state index in [1.54, 1.807) is 0 Å². The Morgan fingerprint density at radius 1 is 1.35 bits per heavy atom. The van der Waals surface area contributed by atoms with E-state index < -0.39 is 0 Å². The monoisotopic (exact) mass is 241 g/mol. The summed E-state index contributed by atoms with van der Waals surface area (Å²) in [7, 11) is 3.01. The maximum Gasteiger partial charge on any atom is 0.166 e.